The van der Waals surface area contributed by atoms with Crippen molar-refractivity contribution in [2.24, 2.45) is 0 Å². The van der Waals surface area contributed by atoms with Gasteiger partial charge < -0.3 is 10.2 Å². The van der Waals surface area contributed by atoms with E-state index in [0.717, 1.165) is 31.6 Å². The summed E-state index contributed by atoms with van der Waals surface area (Å²) in [6.07, 6.45) is 4.90. The van der Waals surface area contributed by atoms with E-state index in [1.54, 1.807) is 18.2 Å². The zero-order chi connectivity index (χ0) is 17.4. The van der Waals surface area contributed by atoms with Gasteiger partial charge in [0.15, 0.2) is 0 Å². The van der Waals surface area contributed by atoms with E-state index in [1.807, 2.05) is 11.0 Å². The molecule has 0 saturated heterocycles. The summed E-state index contributed by atoms with van der Waals surface area (Å²) in [7, 11) is 0. The molecule has 6 heteroatoms. The van der Waals surface area contributed by atoms with Crippen LogP contribution in [0.3, 0.4) is 0 Å². The number of nitrogens with one attached hydrogen (secondary N) is 1. The molecule has 2 rings (SSSR count). The predicted molar refractivity (Wildman–Crippen MR) is 93.0 cm³/mol. The molecule has 1 heterocycles. The molecule has 1 amide bonds. The highest BCUT2D eigenvalue weighted by molar-refractivity contribution is 5.93. The lowest BCUT2D eigenvalue weighted by Gasteiger charge is -2.21. The van der Waals surface area contributed by atoms with Crippen molar-refractivity contribution in [1.29, 1.82) is 5.26 Å². The summed E-state index contributed by atoms with van der Waals surface area (Å²) < 4.78 is 0. The summed E-state index contributed by atoms with van der Waals surface area (Å²) in [5.74, 6) is 0.343. The van der Waals surface area contributed by atoms with Gasteiger partial charge in [-0.3, -0.25) is 4.79 Å². The van der Waals surface area contributed by atoms with Gasteiger partial charge in [-0.1, -0.05) is 19.9 Å². The van der Waals surface area contributed by atoms with Crippen molar-refractivity contribution >= 4 is 17.5 Å². The molecule has 0 aliphatic rings. The molecule has 0 bridgehead atoms. The first-order valence-corrected chi connectivity index (χ1v) is 8.06. The summed E-state index contributed by atoms with van der Waals surface area (Å²) in [6, 6.07) is 9.13. The van der Waals surface area contributed by atoms with Crippen LogP contribution in [0.15, 0.2) is 36.7 Å². The zero-order valence-corrected chi connectivity index (χ0v) is 14.0. The van der Waals surface area contributed by atoms with Gasteiger partial charge in [0.1, 0.15) is 0 Å². The Bertz CT molecular complexity index is 715. The van der Waals surface area contributed by atoms with E-state index in [2.05, 4.69) is 35.2 Å². The van der Waals surface area contributed by atoms with Crippen molar-refractivity contribution in [2.45, 2.75) is 26.7 Å². The Kier molecular flexibility index (Phi) is 6.26. The van der Waals surface area contributed by atoms with Crippen LogP contribution in [0.1, 0.15) is 42.6 Å². The van der Waals surface area contributed by atoms with E-state index in [-0.39, 0.29) is 5.91 Å². The van der Waals surface area contributed by atoms with Crippen LogP contribution in [-0.2, 0) is 0 Å². The number of rotatable bonds is 7. The fourth-order valence-electron chi connectivity index (χ4n) is 2.34. The second-order valence-corrected chi connectivity index (χ2v) is 5.41. The molecule has 1 aromatic carbocycles. The van der Waals surface area contributed by atoms with Gasteiger partial charge in [0, 0.05) is 31.2 Å². The molecule has 24 heavy (non-hydrogen) atoms. The average molecular weight is 323 g/mol. The van der Waals surface area contributed by atoms with Gasteiger partial charge in [-0.25, -0.2) is 9.97 Å². The molecular formula is C18H21N5O. The topological polar surface area (TPSA) is 81.9 Å². The van der Waals surface area contributed by atoms with Gasteiger partial charge in [0.25, 0.3) is 5.91 Å². The van der Waals surface area contributed by atoms with Crippen LogP contribution in [0.4, 0.5) is 11.6 Å². The van der Waals surface area contributed by atoms with Gasteiger partial charge in [0.2, 0.25) is 5.95 Å². The molecule has 0 radical (unpaired) electrons. The standard InChI is InChI=1S/C18H21N5O/c1-3-8-23(9-4-2)17(24)15-12-20-18(21-13-15)22-16-7-5-6-14(10-16)11-19/h5-7,10,12-13H,3-4,8-9H2,1-2H3,(H,20,21,22). The molecular weight excluding hydrogens is 302 g/mol. The quantitative estimate of drug-likeness (QED) is 0.845. The molecule has 1 N–H and O–H groups in total. The molecule has 2 aromatic rings. The van der Waals surface area contributed by atoms with Crippen LogP contribution in [-0.4, -0.2) is 33.9 Å². The molecule has 0 atom stereocenters. The highest BCUT2D eigenvalue weighted by Gasteiger charge is 2.15. The summed E-state index contributed by atoms with van der Waals surface area (Å²) in [5.41, 5.74) is 1.77. The fourth-order valence-corrected chi connectivity index (χ4v) is 2.34. The molecule has 0 aliphatic carbocycles. The summed E-state index contributed by atoms with van der Waals surface area (Å²) in [4.78, 5) is 22.7. The number of carbonyl (C=O) groups is 1. The minimum Gasteiger partial charge on any atom is -0.339 e. The lowest BCUT2D eigenvalue weighted by atomic mass is 10.2. The third kappa shape index (κ3) is 4.53. The second kappa shape index (κ2) is 8.63. The molecule has 0 unspecified atom stereocenters. The lowest BCUT2D eigenvalue weighted by Crippen LogP contribution is -2.32. The Morgan fingerprint density at radius 1 is 1.21 bits per heavy atom. The third-order valence-electron chi connectivity index (χ3n) is 3.42. The van der Waals surface area contributed by atoms with Crippen LogP contribution in [0.5, 0.6) is 0 Å². The molecule has 1 aromatic heterocycles. The van der Waals surface area contributed by atoms with Crippen molar-refractivity contribution in [2.75, 3.05) is 18.4 Å². The highest BCUT2D eigenvalue weighted by atomic mass is 16.2. The number of aromatic nitrogens is 2. The Morgan fingerprint density at radius 2 is 1.88 bits per heavy atom. The molecule has 124 valence electrons. The normalized spacial score (nSPS) is 10.0. The van der Waals surface area contributed by atoms with Crippen molar-refractivity contribution in [3.05, 3.63) is 47.8 Å². The number of amides is 1. The van der Waals surface area contributed by atoms with Crippen molar-refractivity contribution in [1.82, 2.24) is 14.9 Å². The first-order valence-electron chi connectivity index (χ1n) is 8.06. The van der Waals surface area contributed by atoms with E-state index < -0.39 is 0 Å². The van der Waals surface area contributed by atoms with E-state index in [9.17, 15) is 4.79 Å². The molecule has 0 aliphatic heterocycles. The minimum atomic E-state index is -0.0447. The smallest absolute Gasteiger partial charge is 0.256 e. The lowest BCUT2D eigenvalue weighted by molar-refractivity contribution is 0.0754. The Balaban J connectivity index is 2.09. The maximum atomic E-state index is 12.5. The maximum absolute atomic E-state index is 12.5. The van der Waals surface area contributed by atoms with E-state index in [0.29, 0.717) is 17.1 Å². The molecule has 0 spiro atoms. The average Bonchev–Trinajstić information content (AvgIpc) is 2.62. The monoisotopic (exact) mass is 323 g/mol. The van der Waals surface area contributed by atoms with Gasteiger partial charge in [-0.2, -0.15) is 5.26 Å². The number of carbonyl (C=O) groups excluding carboxylic acids is 1. The number of hydrogen-bond acceptors (Lipinski definition) is 5. The first-order chi connectivity index (χ1) is 11.7. The number of nitrogens with zero attached hydrogens (tertiary/aromatic N) is 4. The third-order valence-corrected chi connectivity index (χ3v) is 3.42. The van der Waals surface area contributed by atoms with Crippen LogP contribution in [0, 0.1) is 11.3 Å². The Morgan fingerprint density at radius 3 is 2.46 bits per heavy atom. The second-order valence-electron chi connectivity index (χ2n) is 5.41. The minimum absolute atomic E-state index is 0.0447. The van der Waals surface area contributed by atoms with Gasteiger partial charge >= 0.3 is 0 Å². The number of benzene rings is 1. The zero-order valence-electron chi connectivity index (χ0n) is 14.0. The summed E-state index contributed by atoms with van der Waals surface area (Å²) in [5, 5.41) is 11.9. The molecule has 0 fully saturated rings. The maximum Gasteiger partial charge on any atom is 0.256 e. The van der Waals surface area contributed by atoms with E-state index in [1.165, 1.54) is 12.4 Å². The molecule has 0 saturated carbocycles. The number of hydrogen-bond donors (Lipinski definition) is 1. The van der Waals surface area contributed by atoms with Crippen LogP contribution >= 0.6 is 0 Å². The fraction of sp³-hybridized carbons (Fsp3) is 0.333. The van der Waals surface area contributed by atoms with Crippen LogP contribution < -0.4 is 5.32 Å². The SMILES string of the molecule is CCCN(CCC)C(=O)c1cnc(Nc2cccc(C#N)c2)nc1. The van der Waals surface area contributed by atoms with Crippen LogP contribution in [0.2, 0.25) is 0 Å². The summed E-state index contributed by atoms with van der Waals surface area (Å²) in [6.45, 7) is 5.56. The van der Waals surface area contributed by atoms with Crippen LogP contribution in [0.25, 0.3) is 0 Å². The van der Waals surface area contributed by atoms with Crippen molar-refractivity contribution in [3.8, 4) is 6.07 Å². The van der Waals surface area contributed by atoms with Crippen molar-refractivity contribution in [3.63, 3.8) is 0 Å². The Labute approximate surface area is 142 Å². The summed E-state index contributed by atoms with van der Waals surface area (Å²) >= 11 is 0. The largest absolute Gasteiger partial charge is 0.339 e. The Hall–Kier alpha value is -2.94. The van der Waals surface area contributed by atoms with Gasteiger partial charge in [0.05, 0.1) is 17.2 Å². The number of nitriles is 1. The van der Waals surface area contributed by atoms with E-state index in [4.69, 9.17) is 5.26 Å². The highest BCUT2D eigenvalue weighted by Crippen LogP contribution is 2.14. The van der Waals surface area contributed by atoms with Gasteiger partial charge in [-0.05, 0) is 31.0 Å². The van der Waals surface area contributed by atoms with Gasteiger partial charge in [-0.15, -0.1) is 0 Å². The first kappa shape index (κ1) is 17.4. The van der Waals surface area contributed by atoms with Crippen molar-refractivity contribution < 1.29 is 4.79 Å². The predicted octanol–water partition coefficient (Wildman–Crippen LogP) is 3.35. The van der Waals surface area contributed by atoms with E-state index >= 15 is 0 Å². The number of anilines is 2. The molecule has 6 nitrogen and oxygen atoms in total.